The number of aryl methyl sites for hydroxylation is 1. The SMILES string of the molecule is C[S+](C)CCC1CCCCO1.Cc1ccc(S(=O)(=O)[O-])cc1. The molecule has 1 unspecified atom stereocenters. The van der Waals surface area contributed by atoms with E-state index in [-0.39, 0.29) is 4.90 Å². The van der Waals surface area contributed by atoms with Crippen LogP contribution in [0.3, 0.4) is 0 Å². The molecule has 1 atom stereocenters. The van der Waals surface area contributed by atoms with Gasteiger partial charge in [-0.15, -0.1) is 0 Å². The van der Waals surface area contributed by atoms with Crippen molar-refractivity contribution in [1.29, 1.82) is 0 Å². The zero-order valence-corrected chi connectivity index (χ0v) is 15.2. The monoisotopic (exact) mass is 346 g/mol. The van der Waals surface area contributed by atoms with Gasteiger partial charge in [0.1, 0.15) is 15.9 Å². The van der Waals surface area contributed by atoms with Crippen LogP contribution < -0.4 is 0 Å². The van der Waals surface area contributed by atoms with Gasteiger partial charge in [-0.05, 0) is 49.2 Å². The van der Waals surface area contributed by atoms with Gasteiger partial charge in [-0.1, -0.05) is 17.7 Å². The Kier molecular flexibility index (Phi) is 8.46. The van der Waals surface area contributed by atoms with E-state index in [2.05, 4.69) is 12.5 Å². The molecule has 0 spiro atoms. The Bertz CT molecular complexity index is 518. The van der Waals surface area contributed by atoms with Gasteiger partial charge in [-0.3, -0.25) is 0 Å². The minimum absolute atomic E-state index is 0.178. The topological polar surface area (TPSA) is 66.4 Å². The molecule has 6 heteroatoms. The minimum atomic E-state index is -4.27. The predicted molar refractivity (Wildman–Crippen MR) is 91.4 cm³/mol. The molecule has 1 saturated heterocycles. The van der Waals surface area contributed by atoms with Crippen LogP contribution in [0.5, 0.6) is 0 Å². The van der Waals surface area contributed by atoms with E-state index in [1.165, 1.54) is 43.6 Å². The highest BCUT2D eigenvalue weighted by Gasteiger charge is 2.15. The number of hydrogen-bond donors (Lipinski definition) is 0. The van der Waals surface area contributed by atoms with Crippen LogP contribution in [0.1, 0.15) is 31.2 Å². The van der Waals surface area contributed by atoms with Gasteiger partial charge in [0.05, 0.1) is 23.5 Å². The summed E-state index contributed by atoms with van der Waals surface area (Å²) in [6.45, 7) is 2.83. The fourth-order valence-electron chi connectivity index (χ4n) is 2.11. The molecule has 2 rings (SSSR count). The smallest absolute Gasteiger partial charge is 0.124 e. The highest BCUT2D eigenvalue weighted by molar-refractivity contribution is 7.95. The Labute approximate surface area is 137 Å². The highest BCUT2D eigenvalue weighted by atomic mass is 32.2. The van der Waals surface area contributed by atoms with Crippen LogP contribution in [-0.2, 0) is 25.7 Å². The van der Waals surface area contributed by atoms with Crippen LogP contribution in [0.4, 0.5) is 0 Å². The van der Waals surface area contributed by atoms with Crippen molar-refractivity contribution in [3.8, 4) is 0 Å². The molecule has 1 aliphatic rings. The third-order valence-electron chi connectivity index (χ3n) is 3.43. The number of hydrogen-bond acceptors (Lipinski definition) is 4. The third kappa shape index (κ3) is 8.17. The minimum Gasteiger partial charge on any atom is -0.744 e. The summed E-state index contributed by atoms with van der Waals surface area (Å²) in [5.41, 5.74) is 0.928. The van der Waals surface area contributed by atoms with Crippen LogP contribution in [0.2, 0.25) is 0 Å². The number of ether oxygens (including phenoxy) is 1. The van der Waals surface area contributed by atoms with Crippen LogP contribution >= 0.6 is 0 Å². The fourth-order valence-corrected chi connectivity index (χ4v) is 3.31. The molecule has 0 amide bonds. The largest absolute Gasteiger partial charge is 0.744 e. The summed E-state index contributed by atoms with van der Waals surface area (Å²) in [5.74, 6) is 1.35. The lowest BCUT2D eigenvalue weighted by Gasteiger charge is -2.21. The maximum Gasteiger partial charge on any atom is 0.124 e. The lowest BCUT2D eigenvalue weighted by molar-refractivity contribution is 0.0149. The van der Waals surface area contributed by atoms with Crippen LogP contribution in [-0.4, -0.2) is 43.9 Å². The first-order valence-corrected chi connectivity index (χ1v) is 11.1. The van der Waals surface area contributed by atoms with Gasteiger partial charge in [0.2, 0.25) is 0 Å². The van der Waals surface area contributed by atoms with Crippen molar-refractivity contribution in [3.05, 3.63) is 29.8 Å². The Morgan fingerprint density at radius 3 is 2.32 bits per heavy atom. The van der Waals surface area contributed by atoms with E-state index < -0.39 is 10.1 Å². The van der Waals surface area contributed by atoms with E-state index in [0.717, 1.165) is 12.2 Å². The van der Waals surface area contributed by atoms with Gasteiger partial charge in [-0.2, -0.15) is 0 Å². The molecule has 1 aromatic carbocycles. The summed E-state index contributed by atoms with van der Waals surface area (Å²) >= 11 is 0. The second-order valence-electron chi connectivity index (χ2n) is 5.73. The molecule has 4 nitrogen and oxygen atoms in total. The first-order valence-electron chi connectivity index (χ1n) is 7.47. The average Bonchev–Trinajstić information content (AvgIpc) is 2.46. The zero-order chi connectivity index (χ0) is 16.6. The van der Waals surface area contributed by atoms with E-state index in [9.17, 15) is 13.0 Å². The van der Waals surface area contributed by atoms with Crippen LogP contribution in [0.25, 0.3) is 0 Å². The Morgan fingerprint density at radius 1 is 1.23 bits per heavy atom. The van der Waals surface area contributed by atoms with Gasteiger partial charge < -0.3 is 9.29 Å². The maximum atomic E-state index is 10.4. The molecule has 1 fully saturated rings. The quantitative estimate of drug-likeness (QED) is 0.621. The first-order chi connectivity index (χ1) is 10.3. The third-order valence-corrected chi connectivity index (χ3v) is 5.33. The summed E-state index contributed by atoms with van der Waals surface area (Å²) in [6, 6.07) is 5.78. The molecular formula is C16H26O4S2. The molecular weight excluding hydrogens is 320 g/mol. The van der Waals surface area contributed by atoms with Crippen molar-refractivity contribution >= 4 is 21.0 Å². The van der Waals surface area contributed by atoms with Gasteiger partial charge in [0.25, 0.3) is 0 Å². The van der Waals surface area contributed by atoms with E-state index in [1.807, 2.05) is 6.92 Å². The van der Waals surface area contributed by atoms with Gasteiger partial charge in [-0.25, -0.2) is 8.42 Å². The van der Waals surface area contributed by atoms with Crippen LogP contribution in [0, 0.1) is 6.92 Å². The van der Waals surface area contributed by atoms with Crippen molar-refractivity contribution in [3.63, 3.8) is 0 Å². The molecule has 0 aromatic heterocycles. The van der Waals surface area contributed by atoms with Crippen LogP contribution in [0.15, 0.2) is 29.2 Å². The van der Waals surface area contributed by atoms with Crippen molar-refractivity contribution in [2.75, 3.05) is 24.9 Å². The first kappa shape index (κ1) is 19.5. The second-order valence-corrected chi connectivity index (χ2v) is 9.49. The molecule has 22 heavy (non-hydrogen) atoms. The zero-order valence-electron chi connectivity index (χ0n) is 13.6. The van der Waals surface area contributed by atoms with E-state index >= 15 is 0 Å². The van der Waals surface area contributed by atoms with Gasteiger partial charge in [0.15, 0.2) is 0 Å². The summed E-state index contributed by atoms with van der Waals surface area (Å²) < 4.78 is 36.8. The standard InChI is InChI=1S/C9H19OS.C7H8O3S/c1-11(2)8-6-9-5-3-4-7-10-9;1-6-2-4-7(5-3-6)11(8,9)10/h9H,3-8H2,1-2H3;2-5H,1H3,(H,8,9,10)/q+1;/p-1. The second kappa shape index (κ2) is 9.55. The Morgan fingerprint density at radius 2 is 1.86 bits per heavy atom. The number of benzene rings is 1. The molecule has 1 aliphatic heterocycles. The van der Waals surface area contributed by atoms with Crippen molar-refractivity contribution < 1.29 is 17.7 Å². The summed E-state index contributed by atoms with van der Waals surface area (Å²) in [4.78, 5) is -0.178. The molecule has 1 heterocycles. The van der Waals surface area contributed by atoms with Crippen molar-refractivity contribution in [2.45, 2.75) is 43.6 Å². The molecule has 0 N–H and O–H groups in total. The average molecular weight is 347 g/mol. The number of rotatable bonds is 4. The molecule has 0 saturated carbocycles. The van der Waals surface area contributed by atoms with Crippen molar-refractivity contribution in [1.82, 2.24) is 0 Å². The van der Waals surface area contributed by atoms with Gasteiger partial charge in [0, 0.05) is 13.0 Å². The maximum absolute atomic E-state index is 10.4. The lowest BCUT2D eigenvalue weighted by Crippen LogP contribution is -2.21. The molecule has 0 aliphatic carbocycles. The Balaban J connectivity index is 0.000000220. The normalized spacial score (nSPS) is 18.7. The summed E-state index contributed by atoms with van der Waals surface area (Å²) in [5, 5.41) is 0. The molecule has 0 bridgehead atoms. The van der Waals surface area contributed by atoms with E-state index in [1.54, 1.807) is 12.1 Å². The lowest BCUT2D eigenvalue weighted by atomic mass is 10.1. The van der Waals surface area contributed by atoms with E-state index in [4.69, 9.17) is 4.74 Å². The molecule has 0 radical (unpaired) electrons. The van der Waals surface area contributed by atoms with Crippen molar-refractivity contribution in [2.24, 2.45) is 0 Å². The summed E-state index contributed by atoms with van der Waals surface area (Å²) in [6.07, 6.45) is 10.5. The molecule has 126 valence electrons. The van der Waals surface area contributed by atoms with E-state index in [0.29, 0.717) is 17.0 Å². The predicted octanol–water partition coefficient (Wildman–Crippen LogP) is 2.72. The Hall–Kier alpha value is -0.560. The summed E-state index contributed by atoms with van der Waals surface area (Å²) in [7, 11) is -3.67. The fraction of sp³-hybridized carbons (Fsp3) is 0.625. The highest BCUT2D eigenvalue weighted by Crippen LogP contribution is 2.15. The molecule has 1 aromatic rings. The van der Waals surface area contributed by atoms with Gasteiger partial charge >= 0.3 is 0 Å².